The molecule has 0 amide bonds. The van der Waals surface area contributed by atoms with Gasteiger partial charge in [0, 0.05) is 12.6 Å². The Morgan fingerprint density at radius 2 is 2.00 bits per heavy atom. The average Bonchev–Trinajstić information content (AvgIpc) is 2.26. The van der Waals surface area contributed by atoms with E-state index in [2.05, 4.69) is 5.32 Å². The van der Waals surface area contributed by atoms with E-state index in [1.807, 2.05) is 0 Å². The van der Waals surface area contributed by atoms with E-state index in [1.54, 1.807) is 6.07 Å². The summed E-state index contributed by atoms with van der Waals surface area (Å²) in [4.78, 5) is 0. The second-order valence-corrected chi connectivity index (χ2v) is 4.28. The number of hydrogen-bond acceptors (Lipinski definition) is 1. The first-order valence-corrected chi connectivity index (χ1v) is 5.50. The summed E-state index contributed by atoms with van der Waals surface area (Å²) in [6.07, 6.45) is -3.89. The van der Waals surface area contributed by atoms with E-state index in [1.165, 1.54) is 6.07 Å². The van der Waals surface area contributed by atoms with Crippen LogP contribution in [0.15, 0.2) is 24.3 Å². The number of halogens is 4. The summed E-state index contributed by atoms with van der Waals surface area (Å²) in [6.45, 7) is 0.273. The minimum Gasteiger partial charge on any atom is -0.307 e. The molecule has 1 aromatic rings. The Morgan fingerprint density at radius 1 is 1.24 bits per heavy atom. The monoisotopic (exact) mass is 247 g/mol. The van der Waals surface area contributed by atoms with Crippen LogP contribution in [-0.2, 0) is 12.7 Å². The highest BCUT2D eigenvalue weighted by atomic mass is 19.4. The Hall–Kier alpha value is -1.10. The van der Waals surface area contributed by atoms with Crippen LogP contribution in [0.1, 0.15) is 24.0 Å². The van der Waals surface area contributed by atoms with Crippen molar-refractivity contribution in [1.82, 2.24) is 5.32 Å². The maximum atomic E-state index is 12.9. The molecule has 0 radical (unpaired) electrons. The molecule has 17 heavy (non-hydrogen) atoms. The van der Waals surface area contributed by atoms with Crippen molar-refractivity contribution in [1.29, 1.82) is 0 Å². The fourth-order valence-electron chi connectivity index (χ4n) is 1.80. The van der Waals surface area contributed by atoms with Crippen molar-refractivity contribution in [3.8, 4) is 0 Å². The van der Waals surface area contributed by atoms with Crippen LogP contribution >= 0.6 is 0 Å². The summed E-state index contributed by atoms with van der Waals surface area (Å²) in [5.41, 5.74) is -0.138. The van der Waals surface area contributed by atoms with E-state index in [-0.39, 0.29) is 12.6 Å². The summed E-state index contributed by atoms with van der Waals surface area (Å²) in [6, 6.07) is 4.90. The van der Waals surface area contributed by atoms with Crippen LogP contribution in [0.5, 0.6) is 0 Å². The lowest BCUT2D eigenvalue weighted by molar-refractivity contribution is -0.137. The number of rotatable bonds is 3. The van der Waals surface area contributed by atoms with Gasteiger partial charge in [-0.3, -0.25) is 0 Å². The van der Waals surface area contributed by atoms with Crippen LogP contribution in [0.4, 0.5) is 17.6 Å². The Bertz CT molecular complexity index is 388. The van der Waals surface area contributed by atoms with Crippen LogP contribution in [0.2, 0.25) is 0 Å². The molecule has 1 saturated carbocycles. The molecular formula is C12H13F4N. The third-order valence-corrected chi connectivity index (χ3v) is 3.01. The minimum absolute atomic E-state index is 0.204. The maximum Gasteiger partial charge on any atom is 0.416 e. The molecule has 0 saturated heterocycles. The molecule has 2 rings (SSSR count). The van der Waals surface area contributed by atoms with Gasteiger partial charge in [-0.15, -0.1) is 0 Å². The minimum atomic E-state index is -4.32. The third kappa shape index (κ3) is 2.97. The molecule has 1 nitrogen and oxygen atoms in total. The van der Waals surface area contributed by atoms with Gasteiger partial charge in [0.1, 0.15) is 6.17 Å². The SMILES string of the molecule is FC1CCC1NCc1cccc(C(F)(F)F)c1. The van der Waals surface area contributed by atoms with Crippen LogP contribution < -0.4 is 5.32 Å². The number of hydrogen-bond donors (Lipinski definition) is 1. The largest absolute Gasteiger partial charge is 0.416 e. The molecule has 5 heteroatoms. The second-order valence-electron chi connectivity index (χ2n) is 4.28. The summed E-state index contributed by atoms with van der Waals surface area (Å²) < 4.78 is 50.2. The van der Waals surface area contributed by atoms with Crippen LogP contribution in [-0.4, -0.2) is 12.2 Å². The lowest BCUT2D eigenvalue weighted by Crippen LogP contribution is -2.45. The Morgan fingerprint density at radius 3 is 2.53 bits per heavy atom. The van der Waals surface area contributed by atoms with E-state index in [9.17, 15) is 17.6 Å². The fraction of sp³-hybridized carbons (Fsp3) is 0.500. The van der Waals surface area contributed by atoms with Crippen LogP contribution in [0, 0.1) is 0 Å². The lowest BCUT2D eigenvalue weighted by atomic mass is 9.90. The van der Waals surface area contributed by atoms with Crippen molar-refractivity contribution >= 4 is 0 Å². The zero-order chi connectivity index (χ0) is 12.5. The van der Waals surface area contributed by atoms with Crippen molar-refractivity contribution in [3.05, 3.63) is 35.4 Å². The van der Waals surface area contributed by atoms with E-state index in [0.717, 1.165) is 18.6 Å². The molecule has 2 unspecified atom stereocenters. The molecule has 0 bridgehead atoms. The van der Waals surface area contributed by atoms with Crippen molar-refractivity contribution in [2.75, 3.05) is 0 Å². The number of nitrogens with one attached hydrogen (secondary N) is 1. The fourth-order valence-corrected chi connectivity index (χ4v) is 1.80. The second kappa shape index (κ2) is 4.64. The molecular weight excluding hydrogens is 234 g/mol. The van der Waals surface area contributed by atoms with Gasteiger partial charge in [0.05, 0.1) is 5.56 Å². The van der Waals surface area contributed by atoms with Gasteiger partial charge in [0.15, 0.2) is 0 Å². The quantitative estimate of drug-likeness (QED) is 0.808. The van der Waals surface area contributed by atoms with Gasteiger partial charge in [-0.25, -0.2) is 4.39 Å². The third-order valence-electron chi connectivity index (χ3n) is 3.01. The Kier molecular flexibility index (Phi) is 3.38. The van der Waals surface area contributed by atoms with Gasteiger partial charge in [0.25, 0.3) is 0 Å². The molecule has 1 aliphatic rings. The van der Waals surface area contributed by atoms with E-state index in [4.69, 9.17) is 0 Å². The zero-order valence-corrected chi connectivity index (χ0v) is 9.10. The molecule has 1 N–H and O–H groups in total. The van der Waals surface area contributed by atoms with Gasteiger partial charge in [-0.2, -0.15) is 13.2 Å². The highest BCUT2D eigenvalue weighted by Gasteiger charge is 2.31. The molecule has 0 spiro atoms. The molecule has 1 fully saturated rings. The zero-order valence-electron chi connectivity index (χ0n) is 9.10. The van der Waals surface area contributed by atoms with Crippen molar-refractivity contribution in [2.45, 2.75) is 37.8 Å². The van der Waals surface area contributed by atoms with Gasteiger partial charge in [0.2, 0.25) is 0 Å². The molecule has 0 heterocycles. The van der Waals surface area contributed by atoms with Gasteiger partial charge < -0.3 is 5.32 Å². The van der Waals surface area contributed by atoms with Gasteiger partial charge >= 0.3 is 6.18 Å². The topological polar surface area (TPSA) is 12.0 Å². The summed E-state index contributed by atoms with van der Waals surface area (Å²) in [5.74, 6) is 0. The molecule has 1 aliphatic carbocycles. The standard InChI is InChI=1S/C12H13F4N/c13-10-4-5-11(10)17-7-8-2-1-3-9(6-8)12(14,15)16/h1-3,6,10-11,17H,4-5,7H2. The Labute approximate surface area is 96.8 Å². The summed E-state index contributed by atoms with van der Waals surface area (Å²) in [7, 11) is 0. The van der Waals surface area contributed by atoms with E-state index < -0.39 is 17.9 Å². The summed E-state index contributed by atoms with van der Waals surface area (Å²) >= 11 is 0. The first-order valence-electron chi connectivity index (χ1n) is 5.50. The first kappa shape index (κ1) is 12.4. The lowest BCUT2D eigenvalue weighted by Gasteiger charge is -2.31. The molecule has 94 valence electrons. The predicted molar refractivity (Wildman–Crippen MR) is 56.2 cm³/mol. The normalized spacial score (nSPS) is 24.5. The van der Waals surface area contributed by atoms with E-state index in [0.29, 0.717) is 12.0 Å². The molecule has 0 aliphatic heterocycles. The van der Waals surface area contributed by atoms with Crippen molar-refractivity contribution in [2.24, 2.45) is 0 Å². The Balaban J connectivity index is 1.97. The first-order chi connectivity index (χ1) is 7.97. The molecule has 2 atom stereocenters. The highest BCUT2D eigenvalue weighted by Crippen LogP contribution is 2.29. The smallest absolute Gasteiger partial charge is 0.307 e. The van der Waals surface area contributed by atoms with Crippen LogP contribution in [0.25, 0.3) is 0 Å². The van der Waals surface area contributed by atoms with Crippen LogP contribution in [0.3, 0.4) is 0 Å². The average molecular weight is 247 g/mol. The molecule has 1 aromatic carbocycles. The van der Waals surface area contributed by atoms with Gasteiger partial charge in [-0.05, 0) is 24.5 Å². The van der Waals surface area contributed by atoms with Crippen molar-refractivity contribution in [3.63, 3.8) is 0 Å². The molecule has 0 aromatic heterocycles. The number of benzene rings is 1. The van der Waals surface area contributed by atoms with E-state index >= 15 is 0 Å². The predicted octanol–water partition coefficient (Wildman–Crippen LogP) is 3.30. The maximum absolute atomic E-state index is 12.9. The number of alkyl halides is 4. The highest BCUT2D eigenvalue weighted by molar-refractivity contribution is 5.25. The van der Waals surface area contributed by atoms with Crippen molar-refractivity contribution < 1.29 is 17.6 Å². The summed E-state index contributed by atoms with van der Waals surface area (Å²) in [5, 5.41) is 2.92. The van der Waals surface area contributed by atoms with Gasteiger partial charge in [-0.1, -0.05) is 18.2 Å².